The summed E-state index contributed by atoms with van der Waals surface area (Å²) < 4.78 is 5.41. The summed E-state index contributed by atoms with van der Waals surface area (Å²) in [6.45, 7) is 5.34. The first-order chi connectivity index (χ1) is 10.7. The van der Waals surface area contributed by atoms with Crippen LogP contribution in [0.1, 0.15) is 18.4 Å². The summed E-state index contributed by atoms with van der Waals surface area (Å²) in [5, 5.41) is 3.06. The van der Waals surface area contributed by atoms with E-state index in [-0.39, 0.29) is 5.91 Å². The first kappa shape index (κ1) is 15.3. The molecule has 1 aliphatic carbocycles. The molecule has 5 heteroatoms. The van der Waals surface area contributed by atoms with Crippen LogP contribution in [0, 0.1) is 0 Å². The topological polar surface area (TPSA) is 44.8 Å². The predicted octanol–water partition coefficient (Wildman–Crippen LogP) is 1.09. The highest BCUT2D eigenvalue weighted by molar-refractivity contribution is 5.78. The van der Waals surface area contributed by atoms with Gasteiger partial charge in [0.05, 0.1) is 13.7 Å². The number of piperazine rings is 1. The lowest BCUT2D eigenvalue weighted by molar-refractivity contribution is -0.122. The summed E-state index contributed by atoms with van der Waals surface area (Å²) in [6, 6.07) is 8.64. The first-order valence-corrected chi connectivity index (χ1v) is 8.10. The summed E-state index contributed by atoms with van der Waals surface area (Å²) in [5.41, 5.74) is 1.23. The Kier molecular flexibility index (Phi) is 4.95. The number of hydrogen-bond donors (Lipinski definition) is 1. The van der Waals surface area contributed by atoms with E-state index in [9.17, 15) is 4.79 Å². The number of amides is 1. The maximum absolute atomic E-state index is 11.8. The fourth-order valence-electron chi connectivity index (χ4n) is 2.88. The smallest absolute Gasteiger partial charge is 0.234 e. The minimum atomic E-state index is 0.181. The molecule has 1 heterocycles. The Morgan fingerprint density at radius 1 is 1.18 bits per heavy atom. The van der Waals surface area contributed by atoms with E-state index in [1.165, 1.54) is 5.56 Å². The highest BCUT2D eigenvalue weighted by atomic mass is 16.5. The summed E-state index contributed by atoms with van der Waals surface area (Å²) in [4.78, 5) is 16.5. The Morgan fingerprint density at radius 2 is 1.86 bits per heavy atom. The number of carbonyl (C=O) groups is 1. The maximum atomic E-state index is 11.8. The summed E-state index contributed by atoms with van der Waals surface area (Å²) in [5.74, 6) is 1.13. The number of nitrogens with one attached hydrogen (secondary N) is 1. The molecule has 0 radical (unpaired) electrons. The molecule has 5 nitrogen and oxygen atoms in total. The number of hydrogen-bond acceptors (Lipinski definition) is 4. The van der Waals surface area contributed by atoms with Gasteiger partial charge < -0.3 is 10.1 Å². The highest BCUT2D eigenvalue weighted by Crippen LogP contribution is 2.20. The van der Waals surface area contributed by atoms with Crippen LogP contribution in [-0.2, 0) is 11.3 Å². The molecule has 0 spiro atoms. The van der Waals surface area contributed by atoms with Crippen LogP contribution in [0.3, 0.4) is 0 Å². The molecule has 2 fully saturated rings. The van der Waals surface area contributed by atoms with Crippen molar-refractivity contribution in [3.05, 3.63) is 29.8 Å². The van der Waals surface area contributed by atoms with Crippen molar-refractivity contribution in [3.63, 3.8) is 0 Å². The predicted molar refractivity (Wildman–Crippen MR) is 85.9 cm³/mol. The van der Waals surface area contributed by atoms with Gasteiger partial charge in [-0.15, -0.1) is 0 Å². The molecule has 22 heavy (non-hydrogen) atoms. The second-order valence-corrected chi connectivity index (χ2v) is 6.21. The molecule has 1 aromatic carbocycles. The zero-order chi connectivity index (χ0) is 15.4. The molecule has 0 bridgehead atoms. The van der Waals surface area contributed by atoms with Crippen LogP contribution in [0.5, 0.6) is 5.75 Å². The molecule has 2 aliphatic rings. The van der Waals surface area contributed by atoms with E-state index in [1.54, 1.807) is 7.11 Å². The number of methoxy groups -OCH3 is 1. The van der Waals surface area contributed by atoms with Crippen LogP contribution in [0.15, 0.2) is 24.3 Å². The van der Waals surface area contributed by atoms with Crippen molar-refractivity contribution in [2.24, 2.45) is 0 Å². The van der Waals surface area contributed by atoms with E-state index in [0.29, 0.717) is 12.6 Å². The molecule has 1 amide bonds. The van der Waals surface area contributed by atoms with Gasteiger partial charge in [-0.25, -0.2) is 0 Å². The van der Waals surface area contributed by atoms with E-state index in [0.717, 1.165) is 51.3 Å². The van der Waals surface area contributed by atoms with Crippen molar-refractivity contribution >= 4 is 5.91 Å². The van der Waals surface area contributed by atoms with Gasteiger partial charge in [-0.2, -0.15) is 0 Å². The highest BCUT2D eigenvalue weighted by Gasteiger charge is 2.25. The van der Waals surface area contributed by atoms with Crippen molar-refractivity contribution in [2.75, 3.05) is 39.8 Å². The number of nitrogens with zero attached hydrogens (tertiary/aromatic N) is 2. The molecule has 0 aromatic heterocycles. The molecule has 120 valence electrons. The van der Waals surface area contributed by atoms with Gasteiger partial charge in [-0.05, 0) is 18.9 Å². The maximum Gasteiger partial charge on any atom is 0.234 e. The lowest BCUT2D eigenvalue weighted by Crippen LogP contribution is -2.49. The molecule has 0 atom stereocenters. The number of para-hydroxylation sites is 1. The average Bonchev–Trinajstić information content (AvgIpc) is 3.33. The number of carbonyl (C=O) groups excluding carboxylic acids is 1. The average molecular weight is 303 g/mol. The third-order valence-corrected chi connectivity index (χ3v) is 4.36. The van der Waals surface area contributed by atoms with E-state index >= 15 is 0 Å². The molecule has 1 saturated heterocycles. The van der Waals surface area contributed by atoms with Crippen LogP contribution in [0.4, 0.5) is 0 Å². The van der Waals surface area contributed by atoms with Gasteiger partial charge in [0.2, 0.25) is 5.91 Å². The van der Waals surface area contributed by atoms with Crippen LogP contribution >= 0.6 is 0 Å². The van der Waals surface area contributed by atoms with Gasteiger partial charge in [0.1, 0.15) is 5.75 Å². The number of rotatable bonds is 6. The Morgan fingerprint density at radius 3 is 2.55 bits per heavy atom. The zero-order valence-corrected chi connectivity index (χ0v) is 13.3. The minimum Gasteiger partial charge on any atom is -0.496 e. The van der Waals surface area contributed by atoms with Gasteiger partial charge in [0.15, 0.2) is 0 Å². The monoisotopic (exact) mass is 303 g/mol. The molecule has 1 N–H and O–H groups in total. The van der Waals surface area contributed by atoms with Crippen LogP contribution in [-0.4, -0.2) is 61.6 Å². The standard InChI is InChI=1S/C17H25N3O2/c1-22-16-5-3-2-4-14(16)12-19-8-10-20(11-9-19)13-17(21)18-15-6-7-15/h2-5,15H,6-13H2,1H3,(H,18,21). The summed E-state index contributed by atoms with van der Waals surface area (Å²) in [6.07, 6.45) is 2.30. The van der Waals surface area contributed by atoms with Crippen molar-refractivity contribution in [3.8, 4) is 5.75 Å². The summed E-state index contributed by atoms with van der Waals surface area (Å²) >= 11 is 0. The molecular formula is C17H25N3O2. The lowest BCUT2D eigenvalue weighted by Gasteiger charge is -2.34. The van der Waals surface area contributed by atoms with E-state index in [1.807, 2.05) is 12.1 Å². The molecular weight excluding hydrogens is 278 g/mol. The molecule has 3 rings (SSSR count). The van der Waals surface area contributed by atoms with Gasteiger partial charge in [-0.3, -0.25) is 14.6 Å². The minimum absolute atomic E-state index is 0.181. The first-order valence-electron chi connectivity index (χ1n) is 8.10. The van der Waals surface area contributed by atoms with Crippen molar-refractivity contribution in [2.45, 2.75) is 25.4 Å². The van der Waals surface area contributed by atoms with Crippen molar-refractivity contribution in [1.82, 2.24) is 15.1 Å². The zero-order valence-electron chi connectivity index (χ0n) is 13.3. The largest absolute Gasteiger partial charge is 0.496 e. The third kappa shape index (κ3) is 4.21. The van der Waals surface area contributed by atoms with Crippen molar-refractivity contribution < 1.29 is 9.53 Å². The third-order valence-electron chi connectivity index (χ3n) is 4.36. The SMILES string of the molecule is COc1ccccc1CN1CCN(CC(=O)NC2CC2)CC1. The van der Waals surface area contributed by atoms with Crippen molar-refractivity contribution in [1.29, 1.82) is 0 Å². The van der Waals surface area contributed by atoms with Gasteiger partial charge in [-0.1, -0.05) is 18.2 Å². The lowest BCUT2D eigenvalue weighted by atomic mass is 10.1. The van der Waals surface area contributed by atoms with Gasteiger partial charge in [0.25, 0.3) is 0 Å². The van der Waals surface area contributed by atoms with E-state index < -0.39 is 0 Å². The Bertz CT molecular complexity index is 508. The van der Waals surface area contributed by atoms with Crippen LogP contribution in [0.2, 0.25) is 0 Å². The Hall–Kier alpha value is -1.59. The fourth-order valence-corrected chi connectivity index (χ4v) is 2.88. The molecule has 0 unspecified atom stereocenters. The number of ether oxygens (including phenoxy) is 1. The molecule has 1 aromatic rings. The number of benzene rings is 1. The van der Waals surface area contributed by atoms with Crippen LogP contribution < -0.4 is 10.1 Å². The fraction of sp³-hybridized carbons (Fsp3) is 0.588. The van der Waals surface area contributed by atoms with E-state index in [2.05, 4.69) is 27.2 Å². The molecule has 1 saturated carbocycles. The Balaban J connectivity index is 1.44. The van der Waals surface area contributed by atoms with Crippen LogP contribution in [0.25, 0.3) is 0 Å². The van der Waals surface area contributed by atoms with Gasteiger partial charge >= 0.3 is 0 Å². The van der Waals surface area contributed by atoms with E-state index in [4.69, 9.17) is 4.74 Å². The summed E-state index contributed by atoms with van der Waals surface area (Å²) in [7, 11) is 1.72. The second-order valence-electron chi connectivity index (χ2n) is 6.21. The second kappa shape index (κ2) is 7.11. The quantitative estimate of drug-likeness (QED) is 0.854. The van der Waals surface area contributed by atoms with Gasteiger partial charge in [0, 0.05) is 44.3 Å². The molecule has 1 aliphatic heterocycles. The normalized spacial score (nSPS) is 19.9. The Labute approximate surface area is 132 Å².